The summed E-state index contributed by atoms with van der Waals surface area (Å²) in [5.41, 5.74) is 1.75. The molecule has 1 fully saturated rings. The molecule has 1 heterocycles. The molecule has 0 radical (unpaired) electrons. The van der Waals surface area contributed by atoms with Gasteiger partial charge in [0.2, 0.25) is 0 Å². The first kappa shape index (κ1) is 20.8. The summed E-state index contributed by atoms with van der Waals surface area (Å²) in [7, 11) is 0. The van der Waals surface area contributed by atoms with Gasteiger partial charge in [0.25, 0.3) is 0 Å². The van der Waals surface area contributed by atoms with Crippen molar-refractivity contribution in [3.8, 4) is 0 Å². The molecule has 156 valence electrons. The zero-order valence-corrected chi connectivity index (χ0v) is 17.5. The van der Waals surface area contributed by atoms with E-state index in [4.69, 9.17) is 9.47 Å². The largest absolute Gasteiger partial charge is 0.380 e. The molecule has 3 heteroatoms. The second-order valence-electron chi connectivity index (χ2n) is 8.01. The third-order valence-electron chi connectivity index (χ3n) is 5.90. The molecule has 1 saturated heterocycles. The van der Waals surface area contributed by atoms with Gasteiger partial charge in [-0.05, 0) is 23.1 Å². The van der Waals surface area contributed by atoms with Crippen molar-refractivity contribution in [3.05, 3.63) is 108 Å². The molecule has 3 aromatic carbocycles. The minimum Gasteiger partial charge on any atom is -0.380 e. The topological polar surface area (TPSA) is 38.7 Å². The molecule has 4 rings (SSSR count). The molecule has 3 aromatic rings. The highest BCUT2D eigenvalue weighted by Crippen LogP contribution is 2.48. The monoisotopic (exact) mass is 402 g/mol. The first-order valence-electron chi connectivity index (χ1n) is 10.9. The minimum absolute atomic E-state index is 0.278. The lowest BCUT2D eigenvalue weighted by Crippen LogP contribution is -2.40. The fraction of sp³-hybridized carbons (Fsp3) is 0.333. The quantitative estimate of drug-likeness (QED) is 0.449. The Kier molecular flexibility index (Phi) is 6.63. The molecule has 3 atom stereocenters. The lowest BCUT2D eigenvalue weighted by molar-refractivity contribution is -0.203. The Morgan fingerprint density at radius 2 is 1.17 bits per heavy atom. The molecular formula is C27H30O3. The van der Waals surface area contributed by atoms with Crippen LogP contribution in [0, 0.1) is 0 Å². The summed E-state index contributed by atoms with van der Waals surface area (Å²) >= 11 is 0. The van der Waals surface area contributed by atoms with Crippen LogP contribution in [0.15, 0.2) is 91.0 Å². The van der Waals surface area contributed by atoms with E-state index in [1.54, 1.807) is 0 Å². The van der Waals surface area contributed by atoms with Gasteiger partial charge in [0, 0.05) is 0 Å². The normalized spacial score (nSPS) is 21.4. The van der Waals surface area contributed by atoms with Crippen molar-refractivity contribution in [1.29, 1.82) is 0 Å². The van der Waals surface area contributed by atoms with Gasteiger partial charge in [0.15, 0.2) is 6.29 Å². The molecule has 1 aliphatic rings. The summed E-state index contributed by atoms with van der Waals surface area (Å²) in [6.07, 6.45) is 2.37. The maximum Gasteiger partial charge on any atom is 0.192 e. The maximum atomic E-state index is 11.9. The number of hydrogen-bond donors (Lipinski definition) is 1. The molecule has 1 N–H and O–H groups in total. The minimum atomic E-state index is -1.20. The van der Waals surface area contributed by atoms with E-state index in [1.165, 1.54) is 0 Å². The van der Waals surface area contributed by atoms with Crippen molar-refractivity contribution in [3.63, 3.8) is 0 Å². The number of aliphatic hydroxyl groups is 1. The third kappa shape index (κ3) is 4.34. The second-order valence-corrected chi connectivity index (χ2v) is 8.01. The van der Waals surface area contributed by atoms with Gasteiger partial charge in [-0.25, -0.2) is 0 Å². The van der Waals surface area contributed by atoms with Crippen LogP contribution < -0.4 is 0 Å². The van der Waals surface area contributed by atoms with Crippen LogP contribution in [0.25, 0.3) is 0 Å². The van der Waals surface area contributed by atoms with Gasteiger partial charge in [-0.15, -0.1) is 0 Å². The molecule has 30 heavy (non-hydrogen) atoms. The van der Waals surface area contributed by atoms with Crippen molar-refractivity contribution < 1.29 is 14.6 Å². The molecule has 0 saturated carbocycles. The Hall–Kier alpha value is -2.46. The summed E-state index contributed by atoms with van der Waals surface area (Å²) < 4.78 is 13.0. The van der Waals surface area contributed by atoms with Crippen LogP contribution in [0.1, 0.15) is 61.5 Å². The van der Waals surface area contributed by atoms with Crippen molar-refractivity contribution >= 4 is 0 Å². The molecule has 0 unspecified atom stereocenters. The van der Waals surface area contributed by atoms with Crippen molar-refractivity contribution in [2.75, 3.05) is 0 Å². The Morgan fingerprint density at radius 1 is 0.700 bits per heavy atom. The lowest BCUT2D eigenvalue weighted by Gasteiger charge is -2.33. The summed E-state index contributed by atoms with van der Waals surface area (Å²) in [4.78, 5) is 0. The van der Waals surface area contributed by atoms with E-state index in [0.717, 1.165) is 36.0 Å². The fourth-order valence-electron chi connectivity index (χ4n) is 4.23. The van der Waals surface area contributed by atoms with E-state index < -0.39 is 11.9 Å². The maximum absolute atomic E-state index is 11.9. The molecule has 0 amide bonds. The van der Waals surface area contributed by atoms with Gasteiger partial charge >= 0.3 is 0 Å². The molecule has 1 aliphatic heterocycles. The van der Waals surface area contributed by atoms with Crippen molar-refractivity contribution in [2.24, 2.45) is 0 Å². The molecular weight excluding hydrogens is 372 g/mol. The Bertz CT molecular complexity index is 850. The second kappa shape index (κ2) is 9.57. The zero-order chi connectivity index (χ0) is 20.8. The molecule has 0 bridgehead atoms. The van der Waals surface area contributed by atoms with Crippen molar-refractivity contribution in [1.82, 2.24) is 0 Å². The van der Waals surface area contributed by atoms with Gasteiger partial charge < -0.3 is 14.6 Å². The standard InChI is InChI=1S/C27H30O3/c1-2-3-13-20-27(28,23-18-11-6-12-19-23)26-29-24(21-14-7-4-8-15-21)25(30-26)22-16-9-5-10-17-22/h4-12,14-19,24-26,28H,2-3,13,20H2,1H3/t24-,25-,27+/m1/s1. The number of ether oxygens (including phenoxy) is 2. The van der Waals surface area contributed by atoms with Crippen LogP contribution in [-0.4, -0.2) is 11.4 Å². The predicted octanol–water partition coefficient (Wildman–Crippen LogP) is 6.31. The average Bonchev–Trinajstić information content (AvgIpc) is 3.27. The highest BCUT2D eigenvalue weighted by atomic mass is 16.7. The van der Waals surface area contributed by atoms with Crippen LogP contribution in [0.5, 0.6) is 0 Å². The van der Waals surface area contributed by atoms with E-state index in [2.05, 4.69) is 31.2 Å². The van der Waals surface area contributed by atoms with Crippen LogP contribution in [0.2, 0.25) is 0 Å². The number of unbranched alkanes of at least 4 members (excludes halogenated alkanes) is 2. The summed E-state index contributed by atoms with van der Waals surface area (Å²) in [5.74, 6) is 0. The first-order chi connectivity index (χ1) is 14.7. The summed E-state index contributed by atoms with van der Waals surface area (Å²) in [5, 5.41) is 11.9. The molecule has 3 nitrogen and oxygen atoms in total. The Balaban J connectivity index is 1.69. The zero-order valence-electron chi connectivity index (χ0n) is 17.5. The number of rotatable bonds is 8. The van der Waals surface area contributed by atoms with E-state index >= 15 is 0 Å². The number of hydrogen-bond acceptors (Lipinski definition) is 3. The fourth-order valence-corrected chi connectivity index (χ4v) is 4.23. The van der Waals surface area contributed by atoms with Gasteiger partial charge in [0.1, 0.15) is 17.8 Å². The Labute approximate surface area is 179 Å². The summed E-state index contributed by atoms with van der Waals surface area (Å²) in [6, 6.07) is 30.1. The van der Waals surface area contributed by atoms with Crippen molar-refractivity contribution in [2.45, 2.75) is 56.7 Å². The lowest BCUT2D eigenvalue weighted by atomic mass is 9.87. The van der Waals surface area contributed by atoms with E-state index in [1.807, 2.05) is 66.7 Å². The van der Waals surface area contributed by atoms with Crippen LogP contribution in [0.4, 0.5) is 0 Å². The van der Waals surface area contributed by atoms with Gasteiger partial charge in [-0.2, -0.15) is 0 Å². The molecule has 0 aliphatic carbocycles. The van der Waals surface area contributed by atoms with Gasteiger partial charge in [-0.1, -0.05) is 117 Å². The van der Waals surface area contributed by atoms with Gasteiger partial charge in [-0.3, -0.25) is 0 Å². The highest BCUT2D eigenvalue weighted by Gasteiger charge is 2.49. The SMILES string of the molecule is CCCCC[C@](O)(c1ccccc1)C1O[C@H](c2ccccc2)[C@@H](c2ccccc2)O1. The number of benzene rings is 3. The van der Waals surface area contributed by atoms with Crippen LogP contribution in [-0.2, 0) is 15.1 Å². The summed E-state index contributed by atoms with van der Waals surface area (Å²) in [6.45, 7) is 2.17. The average molecular weight is 403 g/mol. The molecule has 0 aromatic heterocycles. The Morgan fingerprint density at radius 3 is 1.63 bits per heavy atom. The third-order valence-corrected chi connectivity index (χ3v) is 5.90. The smallest absolute Gasteiger partial charge is 0.192 e. The van der Waals surface area contributed by atoms with E-state index in [0.29, 0.717) is 6.42 Å². The molecule has 0 spiro atoms. The van der Waals surface area contributed by atoms with E-state index in [9.17, 15) is 5.11 Å². The van der Waals surface area contributed by atoms with Crippen LogP contribution >= 0.6 is 0 Å². The first-order valence-corrected chi connectivity index (χ1v) is 10.9. The predicted molar refractivity (Wildman–Crippen MR) is 119 cm³/mol. The highest BCUT2D eigenvalue weighted by molar-refractivity contribution is 5.28. The van der Waals surface area contributed by atoms with Crippen LogP contribution in [0.3, 0.4) is 0 Å². The van der Waals surface area contributed by atoms with Gasteiger partial charge in [0.05, 0.1) is 0 Å². The van der Waals surface area contributed by atoms with E-state index in [-0.39, 0.29) is 12.2 Å².